The Morgan fingerprint density at radius 2 is 1.81 bits per heavy atom. The number of rotatable bonds is 7. The number of aliphatic hydroxyl groups is 1. The van der Waals surface area contributed by atoms with E-state index in [1.807, 2.05) is 13.8 Å². The third-order valence-electron chi connectivity index (χ3n) is 2.76. The van der Waals surface area contributed by atoms with Crippen molar-refractivity contribution in [2.24, 2.45) is 9.81 Å². The first-order chi connectivity index (χ1) is 7.31. The van der Waals surface area contributed by atoms with Gasteiger partial charge < -0.3 is 10.0 Å². The summed E-state index contributed by atoms with van der Waals surface area (Å²) in [7, 11) is -0.0902. The minimum Gasteiger partial charge on any atom is -0.396 e. The summed E-state index contributed by atoms with van der Waals surface area (Å²) in [4.78, 5) is 1.57. The van der Waals surface area contributed by atoms with Crippen LogP contribution in [0, 0.1) is 5.41 Å². The molecule has 0 saturated heterocycles. The second-order valence-corrected chi connectivity index (χ2v) is 5.94. The van der Waals surface area contributed by atoms with E-state index in [0.717, 1.165) is 0 Å². The van der Waals surface area contributed by atoms with Crippen molar-refractivity contribution in [1.82, 2.24) is 4.90 Å². The highest BCUT2D eigenvalue weighted by Crippen LogP contribution is 2.27. The number of aliphatic hydroxyl groups excluding tert-OH is 1. The van der Waals surface area contributed by atoms with Gasteiger partial charge in [0.25, 0.3) is 10.0 Å². The minimum absolute atomic E-state index is 0.103. The molecule has 16 heavy (non-hydrogen) atoms. The number of sulfonamides is 1. The van der Waals surface area contributed by atoms with E-state index in [0.29, 0.717) is 12.8 Å². The lowest BCUT2D eigenvalue weighted by molar-refractivity contribution is 0.136. The van der Waals surface area contributed by atoms with Crippen molar-refractivity contribution in [3.05, 3.63) is 0 Å². The monoisotopic (exact) mass is 250 g/mol. The molecule has 0 radical (unpaired) electrons. The fourth-order valence-corrected chi connectivity index (χ4v) is 2.99. The highest BCUT2D eigenvalue weighted by Gasteiger charge is 2.31. The smallest absolute Gasteiger partial charge is 0.255 e. The van der Waals surface area contributed by atoms with Crippen molar-refractivity contribution in [1.29, 1.82) is 0 Å². The van der Waals surface area contributed by atoms with Gasteiger partial charge in [-0.1, -0.05) is 13.8 Å². The molecule has 0 aliphatic carbocycles. The SMILES string of the molecule is CCC(CC)(CO)CS(=O)(=O)N=CN(C)C. The van der Waals surface area contributed by atoms with E-state index >= 15 is 0 Å². The number of nitrogens with zero attached hydrogens (tertiary/aromatic N) is 2. The first-order valence-corrected chi connectivity index (χ1v) is 6.97. The molecule has 0 amide bonds. The van der Waals surface area contributed by atoms with E-state index in [-0.39, 0.29) is 12.4 Å². The Hall–Kier alpha value is -0.620. The van der Waals surface area contributed by atoms with Crippen LogP contribution in [0.25, 0.3) is 0 Å². The molecule has 0 spiro atoms. The summed E-state index contributed by atoms with van der Waals surface area (Å²) in [5, 5.41) is 9.29. The van der Waals surface area contributed by atoms with Crippen molar-refractivity contribution >= 4 is 16.4 Å². The lowest BCUT2D eigenvalue weighted by Gasteiger charge is -2.27. The minimum atomic E-state index is -3.50. The lowest BCUT2D eigenvalue weighted by atomic mass is 9.86. The maximum absolute atomic E-state index is 11.7. The lowest BCUT2D eigenvalue weighted by Crippen LogP contribution is -2.32. The van der Waals surface area contributed by atoms with Gasteiger partial charge in [-0.3, -0.25) is 0 Å². The molecule has 0 heterocycles. The standard InChI is InChI=1S/C10H22N2O3S/c1-5-10(6-2,7-13)8-16(14,15)11-9-12(3)4/h9,13H,5-8H2,1-4H3. The zero-order chi connectivity index (χ0) is 12.8. The van der Waals surface area contributed by atoms with Gasteiger partial charge >= 0.3 is 0 Å². The molecule has 0 rings (SSSR count). The Bertz CT molecular complexity index is 311. The first kappa shape index (κ1) is 15.4. The van der Waals surface area contributed by atoms with Crippen LogP contribution < -0.4 is 0 Å². The predicted molar refractivity (Wildman–Crippen MR) is 66.1 cm³/mol. The molecule has 0 aliphatic rings. The Morgan fingerprint density at radius 3 is 2.12 bits per heavy atom. The molecule has 96 valence electrons. The topological polar surface area (TPSA) is 70.0 Å². The van der Waals surface area contributed by atoms with Gasteiger partial charge in [0.2, 0.25) is 0 Å². The quantitative estimate of drug-likeness (QED) is 0.533. The molecule has 5 nitrogen and oxygen atoms in total. The summed E-state index contributed by atoms with van der Waals surface area (Å²) in [6.07, 6.45) is 2.51. The van der Waals surface area contributed by atoms with Gasteiger partial charge in [0.05, 0.1) is 5.75 Å². The summed E-state index contributed by atoms with van der Waals surface area (Å²) in [5.41, 5.74) is -0.567. The molecule has 0 unspecified atom stereocenters. The molecule has 6 heteroatoms. The van der Waals surface area contributed by atoms with Gasteiger partial charge in [-0.05, 0) is 12.8 Å². The van der Waals surface area contributed by atoms with Crippen LogP contribution in [0.5, 0.6) is 0 Å². The Labute approximate surface area is 98.2 Å². The third kappa shape index (κ3) is 4.94. The van der Waals surface area contributed by atoms with Crippen LogP contribution in [-0.2, 0) is 10.0 Å². The molecule has 1 N–H and O–H groups in total. The first-order valence-electron chi connectivity index (χ1n) is 5.36. The van der Waals surface area contributed by atoms with Crippen molar-refractivity contribution in [2.45, 2.75) is 26.7 Å². The van der Waals surface area contributed by atoms with Crippen LogP contribution in [0.3, 0.4) is 0 Å². The van der Waals surface area contributed by atoms with Gasteiger partial charge in [0.15, 0.2) is 0 Å². The molecule has 0 aromatic carbocycles. The van der Waals surface area contributed by atoms with Gasteiger partial charge in [0, 0.05) is 26.1 Å². The van der Waals surface area contributed by atoms with Crippen molar-refractivity contribution in [3.8, 4) is 0 Å². The predicted octanol–water partition coefficient (Wildman–Crippen LogP) is 0.705. The van der Waals surface area contributed by atoms with E-state index in [4.69, 9.17) is 0 Å². The molecule has 0 bridgehead atoms. The van der Waals surface area contributed by atoms with Crippen molar-refractivity contribution in [3.63, 3.8) is 0 Å². The Balaban J connectivity index is 4.81. The van der Waals surface area contributed by atoms with Crippen LogP contribution in [0.15, 0.2) is 4.40 Å². The summed E-state index contributed by atoms with van der Waals surface area (Å²) in [6, 6.07) is 0. The molecule has 0 fully saturated rings. The van der Waals surface area contributed by atoms with Gasteiger partial charge in [-0.15, -0.1) is 0 Å². The second kappa shape index (κ2) is 6.20. The maximum Gasteiger partial charge on any atom is 0.255 e. The Morgan fingerprint density at radius 1 is 1.31 bits per heavy atom. The number of hydrogen-bond donors (Lipinski definition) is 1. The molecular formula is C10H22N2O3S. The second-order valence-electron chi connectivity index (χ2n) is 4.28. The highest BCUT2D eigenvalue weighted by molar-refractivity contribution is 7.90. The van der Waals surface area contributed by atoms with Crippen LogP contribution in [0.4, 0.5) is 0 Å². The van der Waals surface area contributed by atoms with Gasteiger partial charge in [-0.25, -0.2) is 8.42 Å². The molecular weight excluding hydrogens is 228 g/mol. The molecule has 0 aromatic rings. The third-order valence-corrected chi connectivity index (χ3v) is 4.16. The zero-order valence-corrected chi connectivity index (χ0v) is 11.3. The van der Waals surface area contributed by atoms with E-state index in [1.54, 1.807) is 19.0 Å². The summed E-state index contributed by atoms with van der Waals surface area (Å²) in [5.74, 6) is -0.103. The van der Waals surface area contributed by atoms with E-state index in [9.17, 15) is 13.5 Å². The normalized spacial score (nSPS) is 13.3. The zero-order valence-electron chi connectivity index (χ0n) is 10.5. The molecule has 0 aromatic heterocycles. The molecule has 0 aliphatic heterocycles. The fourth-order valence-electron chi connectivity index (χ4n) is 1.31. The van der Waals surface area contributed by atoms with Crippen LogP contribution in [0.2, 0.25) is 0 Å². The summed E-state index contributed by atoms with van der Waals surface area (Å²) < 4.78 is 26.9. The maximum atomic E-state index is 11.7. The molecule has 0 saturated carbocycles. The van der Waals surface area contributed by atoms with E-state index < -0.39 is 15.4 Å². The van der Waals surface area contributed by atoms with Crippen LogP contribution in [-0.4, -0.2) is 51.2 Å². The van der Waals surface area contributed by atoms with Crippen LogP contribution >= 0.6 is 0 Å². The van der Waals surface area contributed by atoms with Gasteiger partial charge in [0.1, 0.15) is 6.34 Å². The molecule has 0 atom stereocenters. The largest absolute Gasteiger partial charge is 0.396 e. The van der Waals surface area contributed by atoms with Gasteiger partial charge in [-0.2, -0.15) is 4.40 Å². The van der Waals surface area contributed by atoms with Crippen LogP contribution in [0.1, 0.15) is 26.7 Å². The number of hydrogen-bond acceptors (Lipinski definition) is 3. The summed E-state index contributed by atoms with van der Waals surface area (Å²) in [6.45, 7) is 3.63. The van der Waals surface area contributed by atoms with Crippen molar-refractivity contribution < 1.29 is 13.5 Å². The average molecular weight is 250 g/mol. The van der Waals surface area contributed by atoms with E-state index in [1.165, 1.54) is 6.34 Å². The average Bonchev–Trinajstić information content (AvgIpc) is 2.24. The summed E-state index contributed by atoms with van der Waals surface area (Å²) >= 11 is 0. The highest BCUT2D eigenvalue weighted by atomic mass is 32.2. The fraction of sp³-hybridized carbons (Fsp3) is 0.900. The Kier molecular flexibility index (Phi) is 5.96. The van der Waals surface area contributed by atoms with E-state index in [2.05, 4.69) is 4.40 Å². The van der Waals surface area contributed by atoms with Crippen molar-refractivity contribution in [2.75, 3.05) is 26.5 Å².